The fraction of sp³-hybridized carbons (Fsp3) is 0.500. The monoisotopic (exact) mass is 711 g/mol. The molecule has 2 aliphatic rings. The van der Waals surface area contributed by atoms with Crippen LogP contribution in [0.5, 0.6) is 0 Å². The Hall–Kier alpha value is -4.36. The number of alkyl halides is 3. The number of nitrogens with zero attached hydrogens (tertiary/aromatic N) is 3. The molecule has 3 N–H and O–H groups in total. The zero-order valence-corrected chi connectivity index (χ0v) is 29.8. The van der Waals surface area contributed by atoms with E-state index in [0.29, 0.717) is 42.8 Å². The normalized spacial score (nSPS) is 16.5. The van der Waals surface area contributed by atoms with Crippen LogP contribution in [0.2, 0.25) is 0 Å². The van der Waals surface area contributed by atoms with Gasteiger partial charge in [-0.3, -0.25) is 9.59 Å². The number of amides is 3. The highest BCUT2D eigenvalue weighted by Crippen LogP contribution is 2.46. The summed E-state index contributed by atoms with van der Waals surface area (Å²) < 4.78 is 47.7. The van der Waals surface area contributed by atoms with Crippen LogP contribution in [-0.4, -0.2) is 81.3 Å². The van der Waals surface area contributed by atoms with Crippen LogP contribution < -0.4 is 10.6 Å². The van der Waals surface area contributed by atoms with Crippen LogP contribution in [0, 0.1) is 0 Å². The van der Waals surface area contributed by atoms with Crippen LogP contribution in [-0.2, 0) is 36.0 Å². The van der Waals surface area contributed by atoms with Gasteiger partial charge in [0, 0.05) is 38.3 Å². The molecule has 5 rings (SSSR count). The number of halogens is 3. The summed E-state index contributed by atoms with van der Waals surface area (Å²) in [5.74, 6) is -0.761. The molecule has 0 radical (unpaired) electrons. The number of rotatable bonds is 12. The molecule has 1 aliphatic heterocycles. The van der Waals surface area contributed by atoms with Crippen molar-refractivity contribution in [3.63, 3.8) is 0 Å². The van der Waals surface area contributed by atoms with E-state index in [-0.39, 0.29) is 44.2 Å². The molecular weight excluding hydrogens is 663 g/mol. The molecule has 13 heteroatoms. The van der Waals surface area contributed by atoms with Crippen molar-refractivity contribution in [3.05, 3.63) is 94.3 Å². The zero-order valence-electron chi connectivity index (χ0n) is 29.8. The van der Waals surface area contributed by atoms with Crippen LogP contribution in [0.3, 0.4) is 0 Å². The van der Waals surface area contributed by atoms with Crippen molar-refractivity contribution in [1.29, 1.82) is 0 Å². The third-order valence-corrected chi connectivity index (χ3v) is 9.53. The lowest BCUT2D eigenvalue weighted by atomic mass is 9.98. The zero-order chi connectivity index (χ0) is 37.1. The van der Waals surface area contributed by atoms with Crippen molar-refractivity contribution in [2.24, 2.45) is 0 Å². The van der Waals surface area contributed by atoms with Gasteiger partial charge in [-0.2, -0.15) is 13.2 Å². The molecule has 3 amide bonds. The van der Waals surface area contributed by atoms with Gasteiger partial charge in [0.2, 0.25) is 0 Å². The Kier molecular flexibility index (Phi) is 11.2. The maximum Gasteiger partial charge on any atom is 0.416 e. The average Bonchev–Trinajstić information content (AvgIpc) is 3.79. The van der Waals surface area contributed by atoms with E-state index in [0.717, 1.165) is 17.7 Å². The molecule has 51 heavy (non-hydrogen) atoms. The van der Waals surface area contributed by atoms with Crippen LogP contribution in [0.4, 0.5) is 18.0 Å². The lowest BCUT2D eigenvalue weighted by Crippen LogP contribution is -2.50. The van der Waals surface area contributed by atoms with E-state index in [9.17, 15) is 32.7 Å². The number of benzene rings is 2. The highest BCUT2D eigenvalue weighted by Gasteiger charge is 2.45. The first-order valence-electron chi connectivity index (χ1n) is 17.5. The molecule has 10 nitrogen and oxygen atoms in total. The van der Waals surface area contributed by atoms with E-state index in [1.54, 1.807) is 42.4 Å². The van der Waals surface area contributed by atoms with Gasteiger partial charge in [0.15, 0.2) is 0 Å². The lowest BCUT2D eigenvalue weighted by Gasteiger charge is -2.32. The second-order valence-electron chi connectivity index (χ2n) is 14.3. The summed E-state index contributed by atoms with van der Waals surface area (Å²) in [6.45, 7) is 10.6. The molecule has 2 heterocycles. The summed E-state index contributed by atoms with van der Waals surface area (Å²) in [4.78, 5) is 44.0. The molecule has 0 unspecified atom stereocenters. The standard InChI is InChI=1S/C38H48F3N5O5/c1-6-44(7-2)34(49)28-22-30(46-19-18-45(24-31(28)46)35(50)51-36(3,4)5)33(48)43-29(20-25-12-9-8-10-13-25)32(47)23-42-37(16-17-37)26-14-11-15-27(21-26)38(39,40)41/h8-15,21-22,29,32,42,47H,6-7,16-20,23-24H2,1-5H3,(H,43,48)/t29-,32-/m0/s1. The second-order valence-corrected chi connectivity index (χ2v) is 14.3. The van der Waals surface area contributed by atoms with Gasteiger partial charge >= 0.3 is 12.3 Å². The van der Waals surface area contributed by atoms with E-state index in [1.807, 2.05) is 44.2 Å². The van der Waals surface area contributed by atoms with Gasteiger partial charge in [0.1, 0.15) is 11.3 Å². The van der Waals surface area contributed by atoms with E-state index in [1.165, 1.54) is 11.0 Å². The predicted molar refractivity (Wildman–Crippen MR) is 186 cm³/mol. The molecular formula is C38H48F3N5O5. The fourth-order valence-corrected chi connectivity index (χ4v) is 6.55. The number of aromatic nitrogens is 1. The predicted octanol–water partition coefficient (Wildman–Crippen LogP) is 5.72. The third-order valence-electron chi connectivity index (χ3n) is 9.53. The number of hydrogen-bond acceptors (Lipinski definition) is 6. The molecule has 0 saturated heterocycles. The summed E-state index contributed by atoms with van der Waals surface area (Å²) in [5.41, 5.74) is 0.281. The molecule has 276 valence electrons. The van der Waals surface area contributed by atoms with Gasteiger partial charge in [0.05, 0.1) is 35.5 Å². The van der Waals surface area contributed by atoms with E-state index in [2.05, 4.69) is 10.6 Å². The molecule has 2 atom stereocenters. The van der Waals surface area contributed by atoms with Crippen molar-refractivity contribution >= 4 is 17.9 Å². The Bertz CT molecular complexity index is 1710. The smallest absolute Gasteiger partial charge is 0.416 e. The Morgan fingerprint density at radius 3 is 2.27 bits per heavy atom. The van der Waals surface area contributed by atoms with Crippen LogP contribution >= 0.6 is 0 Å². The minimum Gasteiger partial charge on any atom is -0.444 e. The van der Waals surface area contributed by atoms with Crippen LogP contribution in [0.1, 0.15) is 90.7 Å². The van der Waals surface area contributed by atoms with Gasteiger partial charge in [-0.25, -0.2) is 4.79 Å². The van der Waals surface area contributed by atoms with Crippen LogP contribution in [0.15, 0.2) is 60.7 Å². The fourth-order valence-electron chi connectivity index (χ4n) is 6.55. The minimum atomic E-state index is -4.47. The Labute approximate surface area is 296 Å². The van der Waals surface area contributed by atoms with Gasteiger partial charge in [0.25, 0.3) is 11.8 Å². The highest BCUT2D eigenvalue weighted by atomic mass is 19.4. The Morgan fingerprint density at radius 1 is 0.980 bits per heavy atom. The first-order chi connectivity index (χ1) is 24.0. The number of fused-ring (bicyclic) bond motifs is 1. The maximum absolute atomic E-state index is 14.1. The quantitative estimate of drug-likeness (QED) is 0.222. The van der Waals surface area contributed by atoms with E-state index in [4.69, 9.17) is 4.74 Å². The van der Waals surface area contributed by atoms with E-state index >= 15 is 0 Å². The number of ether oxygens (including phenoxy) is 1. The SMILES string of the molecule is CCN(CC)C(=O)c1cc(C(=O)N[C@@H](Cc2ccccc2)[C@@H](O)CNC2(c3cccc(C(F)(F)F)c3)CC2)n2c1CN(C(=O)OC(C)(C)C)CC2. The van der Waals surface area contributed by atoms with E-state index < -0.39 is 47.0 Å². The summed E-state index contributed by atoms with van der Waals surface area (Å²) in [6.07, 6.45) is -4.62. The Balaban J connectivity index is 1.40. The van der Waals surface area contributed by atoms with Crippen molar-refractivity contribution in [3.8, 4) is 0 Å². The van der Waals surface area contributed by atoms with Crippen molar-refractivity contribution in [2.75, 3.05) is 26.2 Å². The maximum atomic E-state index is 14.1. The number of aliphatic hydroxyl groups is 1. The van der Waals surface area contributed by atoms with Gasteiger partial charge < -0.3 is 34.8 Å². The largest absolute Gasteiger partial charge is 0.444 e. The van der Waals surface area contributed by atoms with Gasteiger partial charge in [-0.15, -0.1) is 0 Å². The average molecular weight is 712 g/mol. The molecule has 1 aromatic heterocycles. The van der Waals surface area contributed by atoms with Crippen molar-refractivity contribution in [2.45, 2.75) is 96.4 Å². The summed E-state index contributed by atoms with van der Waals surface area (Å²) in [5, 5.41) is 17.9. The topological polar surface area (TPSA) is 116 Å². The van der Waals surface area contributed by atoms with Gasteiger partial charge in [-0.05, 0) is 83.2 Å². The lowest BCUT2D eigenvalue weighted by molar-refractivity contribution is -0.137. The van der Waals surface area contributed by atoms with Gasteiger partial charge in [-0.1, -0.05) is 42.5 Å². The first kappa shape index (κ1) is 37.9. The molecule has 1 aliphatic carbocycles. The summed E-state index contributed by atoms with van der Waals surface area (Å²) in [7, 11) is 0. The minimum absolute atomic E-state index is 0.0107. The second kappa shape index (κ2) is 15.1. The number of carbonyl (C=O) groups excluding carboxylic acids is 3. The Morgan fingerprint density at radius 2 is 1.67 bits per heavy atom. The third kappa shape index (κ3) is 8.93. The molecule has 0 spiro atoms. The highest BCUT2D eigenvalue weighted by molar-refractivity contribution is 6.01. The molecule has 0 bridgehead atoms. The molecule has 1 fully saturated rings. The summed E-state index contributed by atoms with van der Waals surface area (Å²) >= 11 is 0. The number of aliphatic hydroxyl groups excluding tert-OH is 1. The molecule has 3 aromatic rings. The number of carbonyl (C=O) groups is 3. The number of nitrogens with one attached hydrogen (secondary N) is 2. The van der Waals surface area contributed by atoms with Crippen LogP contribution in [0.25, 0.3) is 0 Å². The number of hydrogen-bond donors (Lipinski definition) is 3. The summed E-state index contributed by atoms with van der Waals surface area (Å²) in [6, 6.07) is 15.3. The first-order valence-corrected chi connectivity index (χ1v) is 17.5. The molecule has 2 aromatic carbocycles. The van der Waals surface area contributed by atoms with Crippen molar-refractivity contribution in [1.82, 2.24) is 25.0 Å². The van der Waals surface area contributed by atoms with Crippen molar-refractivity contribution < 1.29 is 37.4 Å². The molecule has 1 saturated carbocycles.